The van der Waals surface area contributed by atoms with Crippen LogP contribution in [0, 0.1) is 0 Å². The number of furan rings is 1. The highest BCUT2D eigenvalue weighted by molar-refractivity contribution is 6.14. The van der Waals surface area contributed by atoms with Gasteiger partial charge in [0.1, 0.15) is 5.75 Å². The molecule has 0 fully saturated rings. The van der Waals surface area contributed by atoms with Crippen LogP contribution in [0.25, 0.3) is 0 Å². The highest BCUT2D eigenvalue weighted by atomic mass is 16.6. The molecular weight excluding hydrogens is 328 g/mol. The quantitative estimate of drug-likeness (QED) is 0.650. The molecule has 0 unspecified atom stereocenters. The second-order valence-corrected chi connectivity index (χ2v) is 5.45. The molecule has 3 rings (SSSR count). The molecule has 2 amide bonds. The van der Waals surface area contributed by atoms with Crippen LogP contribution in [0.15, 0.2) is 41.0 Å². The molecule has 0 bridgehead atoms. The predicted octanol–water partition coefficient (Wildman–Crippen LogP) is 2.18. The minimum absolute atomic E-state index is 0.122. The number of fused-ring (bicyclic) bond motifs is 1. The van der Waals surface area contributed by atoms with Crippen molar-refractivity contribution in [2.75, 3.05) is 17.2 Å². The van der Waals surface area contributed by atoms with Crippen LogP contribution in [0.5, 0.6) is 5.75 Å². The van der Waals surface area contributed by atoms with E-state index in [4.69, 9.17) is 13.9 Å². The standard InChI is InChI=1S/C17H16N2O6/c1-3-23-16(22)17(2)15(21)19-11-7-6-10(9-13(11)25-17)18-14(20)12-5-4-8-24-12/h4-9H,3H2,1-2H3,(H,18,20)(H,19,21)/t17-/m0/s1. The smallest absolute Gasteiger partial charge is 0.360 e. The average molecular weight is 344 g/mol. The van der Waals surface area contributed by atoms with Crippen molar-refractivity contribution in [3.63, 3.8) is 0 Å². The molecule has 0 saturated carbocycles. The molecule has 130 valence electrons. The molecular formula is C17H16N2O6. The number of hydrogen-bond acceptors (Lipinski definition) is 6. The van der Waals surface area contributed by atoms with Gasteiger partial charge in [0.15, 0.2) is 5.76 Å². The van der Waals surface area contributed by atoms with E-state index in [1.807, 2.05) is 0 Å². The number of hydrogen-bond donors (Lipinski definition) is 2. The number of amides is 2. The number of rotatable bonds is 4. The van der Waals surface area contributed by atoms with E-state index in [1.54, 1.807) is 25.1 Å². The summed E-state index contributed by atoms with van der Waals surface area (Å²) in [6.07, 6.45) is 1.39. The Morgan fingerprint density at radius 1 is 1.32 bits per heavy atom. The zero-order valence-corrected chi connectivity index (χ0v) is 13.6. The van der Waals surface area contributed by atoms with Crippen LogP contribution in [0.2, 0.25) is 0 Å². The minimum atomic E-state index is -1.80. The van der Waals surface area contributed by atoms with Crippen LogP contribution in [0.3, 0.4) is 0 Å². The molecule has 0 radical (unpaired) electrons. The monoisotopic (exact) mass is 344 g/mol. The highest BCUT2D eigenvalue weighted by Crippen LogP contribution is 2.36. The van der Waals surface area contributed by atoms with Crippen LogP contribution in [-0.2, 0) is 14.3 Å². The van der Waals surface area contributed by atoms with Gasteiger partial charge in [0.25, 0.3) is 17.4 Å². The third-order valence-corrected chi connectivity index (χ3v) is 3.64. The summed E-state index contributed by atoms with van der Waals surface area (Å²) in [5, 5.41) is 5.25. The zero-order valence-electron chi connectivity index (χ0n) is 13.6. The molecule has 0 spiro atoms. The Labute approximate surface area is 143 Å². The molecule has 8 nitrogen and oxygen atoms in total. The van der Waals surface area contributed by atoms with E-state index in [0.29, 0.717) is 11.4 Å². The maximum Gasteiger partial charge on any atom is 0.360 e. The van der Waals surface area contributed by atoms with Crippen LogP contribution in [0.4, 0.5) is 11.4 Å². The van der Waals surface area contributed by atoms with Gasteiger partial charge in [0.2, 0.25) is 0 Å². The van der Waals surface area contributed by atoms with Crippen molar-refractivity contribution in [3.8, 4) is 5.75 Å². The van der Waals surface area contributed by atoms with E-state index in [9.17, 15) is 14.4 Å². The lowest BCUT2D eigenvalue weighted by Crippen LogP contribution is -2.55. The van der Waals surface area contributed by atoms with Gasteiger partial charge in [-0.25, -0.2) is 4.79 Å². The van der Waals surface area contributed by atoms with E-state index in [0.717, 1.165) is 0 Å². The van der Waals surface area contributed by atoms with Crippen molar-refractivity contribution in [1.29, 1.82) is 0 Å². The number of benzene rings is 1. The number of esters is 1. The summed E-state index contributed by atoms with van der Waals surface area (Å²) >= 11 is 0. The van der Waals surface area contributed by atoms with Gasteiger partial charge in [-0.2, -0.15) is 0 Å². The molecule has 1 aliphatic heterocycles. The van der Waals surface area contributed by atoms with Gasteiger partial charge >= 0.3 is 5.97 Å². The fourth-order valence-corrected chi connectivity index (χ4v) is 2.30. The summed E-state index contributed by atoms with van der Waals surface area (Å²) < 4.78 is 15.5. The maximum absolute atomic E-state index is 12.2. The minimum Gasteiger partial charge on any atom is -0.464 e. The van der Waals surface area contributed by atoms with Crippen molar-refractivity contribution >= 4 is 29.2 Å². The third-order valence-electron chi connectivity index (χ3n) is 3.64. The second-order valence-electron chi connectivity index (χ2n) is 5.45. The summed E-state index contributed by atoms with van der Waals surface area (Å²) in [4.78, 5) is 36.3. The maximum atomic E-state index is 12.2. The van der Waals surface area contributed by atoms with Gasteiger partial charge in [-0.3, -0.25) is 9.59 Å². The lowest BCUT2D eigenvalue weighted by molar-refractivity contribution is -0.165. The number of carbonyl (C=O) groups is 3. The Hall–Kier alpha value is -3.29. The van der Waals surface area contributed by atoms with Crippen molar-refractivity contribution in [2.45, 2.75) is 19.4 Å². The number of carbonyl (C=O) groups excluding carboxylic acids is 3. The van der Waals surface area contributed by atoms with Crippen LogP contribution >= 0.6 is 0 Å². The normalized spacial score (nSPS) is 18.6. The molecule has 2 heterocycles. The summed E-state index contributed by atoms with van der Waals surface area (Å²) in [5.74, 6) is -1.44. The lowest BCUT2D eigenvalue weighted by Gasteiger charge is -2.32. The number of ether oxygens (including phenoxy) is 2. The summed E-state index contributed by atoms with van der Waals surface area (Å²) in [6, 6.07) is 7.80. The second kappa shape index (κ2) is 6.31. The molecule has 1 atom stereocenters. The first kappa shape index (κ1) is 16.6. The van der Waals surface area contributed by atoms with Gasteiger partial charge in [-0.05, 0) is 38.1 Å². The van der Waals surface area contributed by atoms with Gasteiger partial charge < -0.3 is 24.5 Å². The molecule has 2 aromatic rings. The number of anilines is 2. The topological polar surface area (TPSA) is 107 Å². The summed E-state index contributed by atoms with van der Waals surface area (Å²) in [7, 11) is 0. The fraction of sp³-hybridized carbons (Fsp3) is 0.235. The molecule has 25 heavy (non-hydrogen) atoms. The third kappa shape index (κ3) is 3.06. The Morgan fingerprint density at radius 3 is 2.80 bits per heavy atom. The molecule has 1 aromatic carbocycles. The molecule has 0 saturated heterocycles. The zero-order chi connectivity index (χ0) is 18.0. The van der Waals surface area contributed by atoms with Crippen molar-refractivity contribution in [1.82, 2.24) is 0 Å². The Kier molecular flexibility index (Phi) is 4.18. The first-order chi connectivity index (χ1) is 11.9. The van der Waals surface area contributed by atoms with E-state index in [2.05, 4.69) is 10.6 Å². The van der Waals surface area contributed by atoms with E-state index < -0.39 is 23.4 Å². The van der Waals surface area contributed by atoms with Crippen LogP contribution in [-0.4, -0.2) is 30.0 Å². The van der Waals surface area contributed by atoms with Gasteiger partial charge in [0.05, 0.1) is 18.6 Å². The SMILES string of the molecule is CCOC(=O)[C@@]1(C)Oc2cc(NC(=O)c3ccco3)ccc2NC1=O. The molecule has 2 N–H and O–H groups in total. The molecule has 0 aliphatic carbocycles. The summed E-state index contributed by atoms with van der Waals surface area (Å²) in [6.45, 7) is 3.09. The largest absolute Gasteiger partial charge is 0.464 e. The molecule has 8 heteroatoms. The number of nitrogens with one attached hydrogen (secondary N) is 2. The van der Waals surface area contributed by atoms with Crippen molar-refractivity contribution < 1.29 is 28.3 Å². The average Bonchev–Trinajstić information content (AvgIpc) is 3.11. The van der Waals surface area contributed by atoms with Crippen molar-refractivity contribution in [3.05, 3.63) is 42.4 Å². The summed E-state index contributed by atoms with van der Waals surface area (Å²) in [5.41, 5.74) is -0.989. The van der Waals surface area contributed by atoms with Gasteiger partial charge in [-0.15, -0.1) is 0 Å². The van der Waals surface area contributed by atoms with Crippen LogP contribution in [0.1, 0.15) is 24.4 Å². The van der Waals surface area contributed by atoms with E-state index in [1.165, 1.54) is 25.3 Å². The molecule has 1 aromatic heterocycles. The van der Waals surface area contributed by atoms with Crippen molar-refractivity contribution in [2.24, 2.45) is 0 Å². The Bertz CT molecular complexity index is 830. The first-order valence-electron chi connectivity index (χ1n) is 7.60. The van der Waals surface area contributed by atoms with Gasteiger partial charge in [0, 0.05) is 11.8 Å². The van der Waals surface area contributed by atoms with Crippen LogP contribution < -0.4 is 15.4 Å². The van der Waals surface area contributed by atoms with E-state index in [-0.39, 0.29) is 18.1 Å². The highest BCUT2D eigenvalue weighted by Gasteiger charge is 2.48. The Morgan fingerprint density at radius 2 is 2.12 bits per heavy atom. The first-order valence-corrected chi connectivity index (χ1v) is 7.60. The molecule has 1 aliphatic rings. The van der Waals surface area contributed by atoms with Gasteiger partial charge in [-0.1, -0.05) is 0 Å². The Balaban J connectivity index is 1.84. The van der Waals surface area contributed by atoms with E-state index >= 15 is 0 Å². The predicted molar refractivity (Wildman–Crippen MR) is 87.4 cm³/mol. The lowest BCUT2D eigenvalue weighted by atomic mass is 10.0. The fourth-order valence-electron chi connectivity index (χ4n) is 2.30.